The highest BCUT2D eigenvalue weighted by atomic mass is 16.1. The number of rotatable bonds is 3. The largest absolute Gasteiger partial charge is 0.345 e. The molecule has 0 saturated heterocycles. The van der Waals surface area contributed by atoms with Crippen molar-refractivity contribution in [1.82, 2.24) is 9.97 Å². The summed E-state index contributed by atoms with van der Waals surface area (Å²) in [5, 5.41) is 0. The normalized spacial score (nSPS) is 10.5. The number of nitrogens with zero attached hydrogens (tertiary/aromatic N) is 1. The van der Waals surface area contributed by atoms with Crippen molar-refractivity contribution in [3.63, 3.8) is 0 Å². The molecule has 3 heteroatoms. The number of ketones is 1. The average molecular weight is 228 g/mol. The first-order valence-corrected chi connectivity index (χ1v) is 5.68. The van der Waals surface area contributed by atoms with Crippen LogP contribution in [0.1, 0.15) is 24.0 Å². The zero-order valence-corrected chi connectivity index (χ0v) is 10.4. The van der Waals surface area contributed by atoms with Crippen LogP contribution in [0, 0.1) is 13.8 Å². The minimum Gasteiger partial charge on any atom is -0.345 e. The highest BCUT2D eigenvalue weighted by Gasteiger charge is 2.09. The molecule has 1 aromatic heterocycles. The van der Waals surface area contributed by atoms with Gasteiger partial charge in [-0.1, -0.05) is 29.8 Å². The Hall–Kier alpha value is -1.90. The molecular formula is C14H16N2O. The summed E-state index contributed by atoms with van der Waals surface area (Å²) >= 11 is 0. The maximum atomic E-state index is 11.1. The zero-order chi connectivity index (χ0) is 12.4. The van der Waals surface area contributed by atoms with Crippen LogP contribution in [0.25, 0.3) is 11.3 Å². The molecule has 17 heavy (non-hydrogen) atoms. The molecule has 1 aromatic carbocycles. The summed E-state index contributed by atoms with van der Waals surface area (Å²) in [5.74, 6) is 0.861. The summed E-state index contributed by atoms with van der Waals surface area (Å²) in [5.41, 5.74) is 4.25. The van der Waals surface area contributed by atoms with Crippen LogP contribution in [0.4, 0.5) is 0 Å². The fourth-order valence-corrected chi connectivity index (χ4v) is 1.83. The van der Waals surface area contributed by atoms with Gasteiger partial charge in [-0.25, -0.2) is 4.98 Å². The van der Waals surface area contributed by atoms with Gasteiger partial charge in [0, 0.05) is 11.3 Å². The second-order valence-electron chi connectivity index (χ2n) is 4.40. The molecule has 0 radical (unpaired) electrons. The Morgan fingerprint density at radius 3 is 2.47 bits per heavy atom. The van der Waals surface area contributed by atoms with Crippen molar-refractivity contribution in [1.29, 1.82) is 0 Å². The Labute approximate surface area is 101 Å². The van der Waals surface area contributed by atoms with Gasteiger partial charge in [-0.05, 0) is 20.8 Å². The highest BCUT2D eigenvalue weighted by Crippen LogP contribution is 2.21. The van der Waals surface area contributed by atoms with Gasteiger partial charge in [0.05, 0.1) is 12.1 Å². The first-order valence-electron chi connectivity index (χ1n) is 5.68. The number of aromatic amines is 1. The summed E-state index contributed by atoms with van der Waals surface area (Å²) in [6, 6.07) is 8.23. The molecule has 88 valence electrons. The first kappa shape index (κ1) is 11.6. The zero-order valence-electron chi connectivity index (χ0n) is 10.4. The molecular weight excluding hydrogens is 212 g/mol. The van der Waals surface area contributed by atoms with Crippen LogP contribution in [-0.4, -0.2) is 15.8 Å². The van der Waals surface area contributed by atoms with Gasteiger partial charge in [-0.2, -0.15) is 0 Å². The molecule has 0 fully saturated rings. The van der Waals surface area contributed by atoms with Crippen molar-refractivity contribution in [2.75, 3.05) is 0 Å². The van der Waals surface area contributed by atoms with Crippen LogP contribution < -0.4 is 0 Å². The van der Waals surface area contributed by atoms with Gasteiger partial charge in [-0.15, -0.1) is 0 Å². The van der Waals surface area contributed by atoms with Crippen LogP contribution in [-0.2, 0) is 11.2 Å². The van der Waals surface area contributed by atoms with Gasteiger partial charge >= 0.3 is 0 Å². The van der Waals surface area contributed by atoms with E-state index in [-0.39, 0.29) is 5.78 Å². The highest BCUT2D eigenvalue weighted by molar-refractivity contribution is 5.77. The lowest BCUT2D eigenvalue weighted by atomic mass is 10.1. The van der Waals surface area contributed by atoms with E-state index in [1.54, 1.807) is 6.92 Å². The van der Waals surface area contributed by atoms with Crippen molar-refractivity contribution < 1.29 is 4.79 Å². The predicted molar refractivity (Wildman–Crippen MR) is 67.9 cm³/mol. The number of H-pyrrole nitrogens is 1. The number of hydrogen-bond donors (Lipinski definition) is 1. The molecule has 1 heterocycles. The molecule has 0 bridgehead atoms. The van der Waals surface area contributed by atoms with Gasteiger partial charge in [0.15, 0.2) is 0 Å². The van der Waals surface area contributed by atoms with Gasteiger partial charge in [-0.3, -0.25) is 4.79 Å². The minimum absolute atomic E-state index is 0.120. The number of nitrogens with one attached hydrogen (secondary N) is 1. The average Bonchev–Trinajstić information content (AvgIpc) is 2.59. The predicted octanol–water partition coefficient (Wildman–Crippen LogP) is 2.83. The Kier molecular flexibility index (Phi) is 3.09. The topological polar surface area (TPSA) is 45.8 Å². The molecule has 1 N–H and O–H groups in total. The van der Waals surface area contributed by atoms with Crippen molar-refractivity contribution in [3.05, 3.63) is 41.3 Å². The Morgan fingerprint density at radius 2 is 1.88 bits per heavy atom. The number of hydrogen-bond acceptors (Lipinski definition) is 2. The second kappa shape index (κ2) is 4.53. The second-order valence-corrected chi connectivity index (χ2v) is 4.40. The molecule has 2 aromatic rings. The third-order valence-corrected chi connectivity index (χ3v) is 2.68. The van der Waals surface area contributed by atoms with E-state index in [2.05, 4.69) is 41.2 Å². The molecule has 0 spiro atoms. The number of imidazole rings is 1. The smallest absolute Gasteiger partial charge is 0.137 e. The first-order chi connectivity index (χ1) is 8.06. The lowest BCUT2D eigenvalue weighted by Crippen LogP contribution is -1.98. The molecule has 0 saturated carbocycles. The van der Waals surface area contributed by atoms with Crippen LogP contribution in [0.5, 0.6) is 0 Å². The summed E-state index contributed by atoms with van der Waals surface area (Å²) in [7, 11) is 0. The van der Waals surface area contributed by atoms with Crippen LogP contribution >= 0.6 is 0 Å². The number of aryl methyl sites for hydroxylation is 2. The number of carbonyl (C=O) groups excluding carboxylic acids is 1. The van der Waals surface area contributed by atoms with E-state index in [1.807, 2.05) is 6.92 Å². The number of carbonyl (C=O) groups is 1. The molecule has 0 aliphatic rings. The summed E-state index contributed by atoms with van der Waals surface area (Å²) in [6.07, 6.45) is 0.368. The monoisotopic (exact) mass is 228 g/mol. The Bertz CT molecular complexity index is 538. The molecule has 0 atom stereocenters. The van der Waals surface area contributed by atoms with Gasteiger partial charge in [0.2, 0.25) is 0 Å². The summed E-state index contributed by atoms with van der Waals surface area (Å²) < 4.78 is 0. The standard InChI is InChI=1S/C14H16N2O/c1-9-4-6-12(7-5-9)14-11(3)15-13(16-14)8-10(2)17/h4-7H,8H2,1-3H3,(H,15,16). The van der Waals surface area contributed by atoms with Crippen molar-refractivity contribution >= 4 is 5.78 Å². The van der Waals surface area contributed by atoms with Crippen LogP contribution in [0.2, 0.25) is 0 Å². The SMILES string of the molecule is CC(=O)Cc1nc(-c2ccc(C)cc2)c(C)[nH]1. The van der Waals surface area contributed by atoms with Crippen LogP contribution in [0.3, 0.4) is 0 Å². The molecule has 0 aliphatic carbocycles. The quantitative estimate of drug-likeness (QED) is 0.878. The van der Waals surface area contributed by atoms with Crippen molar-refractivity contribution in [3.8, 4) is 11.3 Å². The van der Waals surface area contributed by atoms with E-state index < -0.39 is 0 Å². The van der Waals surface area contributed by atoms with Gasteiger partial charge in [0.25, 0.3) is 0 Å². The van der Waals surface area contributed by atoms with E-state index in [1.165, 1.54) is 5.56 Å². The van der Waals surface area contributed by atoms with Gasteiger partial charge < -0.3 is 4.98 Å². The Balaban J connectivity index is 2.35. The number of Topliss-reactive ketones (excluding diaryl/α,β-unsaturated/α-hetero) is 1. The minimum atomic E-state index is 0.120. The van der Waals surface area contributed by atoms with Crippen LogP contribution in [0.15, 0.2) is 24.3 Å². The van der Waals surface area contributed by atoms with E-state index in [0.29, 0.717) is 6.42 Å². The lowest BCUT2D eigenvalue weighted by molar-refractivity contribution is -0.116. The molecule has 2 rings (SSSR count). The van der Waals surface area contributed by atoms with Crippen molar-refractivity contribution in [2.24, 2.45) is 0 Å². The van der Waals surface area contributed by atoms with E-state index in [9.17, 15) is 4.79 Å². The third kappa shape index (κ3) is 2.61. The molecule has 0 amide bonds. The van der Waals surface area contributed by atoms with E-state index in [4.69, 9.17) is 0 Å². The molecule has 3 nitrogen and oxygen atoms in total. The molecule has 0 aliphatic heterocycles. The lowest BCUT2D eigenvalue weighted by Gasteiger charge is -1.98. The fraction of sp³-hybridized carbons (Fsp3) is 0.286. The van der Waals surface area contributed by atoms with Gasteiger partial charge in [0.1, 0.15) is 11.6 Å². The molecule has 0 unspecified atom stereocenters. The number of benzene rings is 1. The fourth-order valence-electron chi connectivity index (χ4n) is 1.83. The summed E-state index contributed by atoms with van der Waals surface area (Å²) in [6.45, 7) is 5.61. The maximum Gasteiger partial charge on any atom is 0.137 e. The number of aromatic nitrogens is 2. The summed E-state index contributed by atoms with van der Waals surface area (Å²) in [4.78, 5) is 18.7. The maximum absolute atomic E-state index is 11.1. The van der Waals surface area contributed by atoms with E-state index >= 15 is 0 Å². The third-order valence-electron chi connectivity index (χ3n) is 2.68. The van der Waals surface area contributed by atoms with Crippen molar-refractivity contribution in [2.45, 2.75) is 27.2 Å². The Morgan fingerprint density at radius 1 is 1.24 bits per heavy atom. The van der Waals surface area contributed by atoms with E-state index in [0.717, 1.165) is 22.8 Å².